The maximum Gasteiger partial charge on any atom is 0.268 e. The lowest BCUT2D eigenvalue weighted by atomic mass is 10.2. The summed E-state index contributed by atoms with van der Waals surface area (Å²) >= 11 is 3.18. The molecule has 1 aliphatic rings. The van der Waals surface area contributed by atoms with Gasteiger partial charge in [0, 0.05) is 11.0 Å². The SMILES string of the molecule is CCN1C(=O)c2ccc(Br)cc2S1(=O)=O. The molecule has 1 aromatic rings. The zero-order valence-corrected chi connectivity index (χ0v) is 10.3. The van der Waals surface area contributed by atoms with Gasteiger partial charge < -0.3 is 0 Å². The maximum absolute atomic E-state index is 11.9. The van der Waals surface area contributed by atoms with Gasteiger partial charge in [0.05, 0.1) is 5.56 Å². The Balaban J connectivity index is 2.75. The lowest BCUT2D eigenvalue weighted by molar-refractivity contribution is 0.0876. The zero-order chi connectivity index (χ0) is 11.2. The Morgan fingerprint density at radius 3 is 2.67 bits per heavy atom. The molecule has 80 valence electrons. The Morgan fingerprint density at radius 2 is 2.07 bits per heavy atom. The topological polar surface area (TPSA) is 54.5 Å². The maximum atomic E-state index is 11.9. The third kappa shape index (κ3) is 1.39. The molecule has 1 amide bonds. The summed E-state index contributed by atoms with van der Waals surface area (Å²) in [5, 5.41) is 0. The van der Waals surface area contributed by atoms with Crippen LogP contribution in [0.2, 0.25) is 0 Å². The van der Waals surface area contributed by atoms with Crippen molar-refractivity contribution in [3.63, 3.8) is 0 Å². The van der Waals surface area contributed by atoms with Crippen LogP contribution in [0.25, 0.3) is 0 Å². The molecule has 0 N–H and O–H groups in total. The minimum absolute atomic E-state index is 0.0868. The Labute approximate surface area is 96.1 Å². The summed E-state index contributed by atoms with van der Waals surface area (Å²) in [4.78, 5) is 11.8. The van der Waals surface area contributed by atoms with Gasteiger partial charge in [0.15, 0.2) is 0 Å². The van der Waals surface area contributed by atoms with Crippen molar-refractivity contribution < 1.29 is 13.2 Å². The van der Waals surface area contributed by atoms with Gasteiger partial charge in [-0.05, 0) is 25.1 Å². The molecule has 0 fully saturated rings. The van der Waals surface area contributed by atoms with Gasteiger partial charge in [-0.3, -0.25) is 4.79 Å². The van der Waals surface area contributed by atoms with Crippen molar-refractivity contribution in [1.29, 1.82) is 0 Å². The molecule has 2 rings (SSSR count). The van der Waals surface area contributed by atoms with Crippen LogP contribution in [0.3, 0.4) is 0 Å². The van der Waals surface area contributed by atoms with Gasteiger partial charge in [-0.15, -0.1) is 0 Å². The van der Waals surface area contributed by atoms with Gasteiger partial charge in [-0.25, -0.2) is 12.7 Å². The first-order valence-corrected chi connectivity index (χ1v) is 6.58. The monoisotopic (exact) mass is 289 g/mol. The molecule has 0 radical (unpaired) electrons. The van der Waals surface area contributed by atoms with E-state index in [1.807, 2.05) is 0 Å². The molecule has 0 saturated carbocycles. The first-order valence-electron chi connectivity index (χ1n) is 4.35. The highest BCUT2D eigenvalue weighted by Gasteiger charge is 2.39. The normalized spacial score (nSPS) is 18.0. The fraction of sp³-hybridized carbons (Fsp3) is 0.222. The van der Waals surface area contributed by atoms with Crippen LogP contribution in [0, 0.1) is 0 Å². The molecule has 0 saturated heterocycles. The number of halogens is 1. The molecule has 1 aliphatic heterocycles. The Morgan fingerprint density at radius 1 is 1.40 bits per heavy atom. The molecular formula is C9H8BrNO3S. The van der Waals surface area contributed by atoms with Crippen LogP contribution in [0.4, 0.5) is 0 Å². The lowest BCUT2D eigenvalue weighted by Gasteiger charge is -2.10. The third-order valence-corrected chi connectivity index (χ3v) is 4.65. The van der Waals surface area contributed by atoms with E-state index >= 15 is 0 Å². The van der Waals surface area contributed by atoms with E-state index in [4.69, 9.17) is 0 Å². The van der Waals surface area contributed by atoms with E-state index in [0.29, 0.717) is 4.47 Å². The van der Waals surface area contributed by atoms with Gasteiger partial charge in [-0.1, -0.05) is 15.9 Å². The van der Waals surface area contributed by atoms with Crippen LogP contribution in [0.5, 0.6) is 0 Å². The van der Waals surface area contributed by atoms with E-state index in [0.717, 1.165) is 4.31 Å². The van der Waals surface area contributed by atoms with Crippen LogP contribution in [0.1, 0.15) is 17.3 Å². The fourth-order valence-electron chi connectivity index (χ4n) is 1.56. The first-order chi connectivity index (χ1) is 6.98. The number of rotatable bonds is 1. The van der Waals surface area contributed by atoms with Crippen LogP contribution >= 0.6 is 15.9 Å². The summed E-state index contributed by atoms with van der Waals surface area (Å²) in [5.74, 6) is -0.444. The molecule has 0 bridgehead atoms. The highest BCUT2D eigenvalue weighted by Crippen LogP contribution is 2.31. The van der Waals surface area contributed by atoms with E-state index in [9.17, 15) is 13.2 Å². The predicted molar refractivity (Wildman–Crippen MR) is 58.0 cm³/mol. The van der Waals surface area contributed by atoms with Gasteiger partial charge in [0.25, 0.3) is 15.9 Å². The number of amides is 1. The number of fused-ring (bicyclic) bond motifs is 1. The van der Waals surface area contributed by atoms with E-state index in [2.05, 4.69) is 15.9 Å². The summed E-state index contributed by atoms with van der Waals surface area (Å²) in [7, 11) is -3.61. The van der Waals surface area contributed by atoms with E-state index < -0.39 is 15.9 Å². The third-order valence-electron chi connectivity index (χ3n) is 2.26. The molecule has 1 aromatic carbocycles. The first kappa shape index (κ1) is 10.6. The van der Waals surface area contributed by atoms with Crippen molar-refractivity contribution in [3.8, 4) is 0 Å². The van der Waals surface area contributed by atoms with Crippen molar-refractivity contribution in [2.45, 2.75) is 11.8 Å². The molecule has 0 spiro atoms. The molecule has 15 heavy (non-hydrogen) atoms. The zero-order valence-electron chi connectivity index (χ0n) is 7.90. The summed E-state index contributed by atoms with van der Waals surface area (Å²) in [6.07, 6.45) is 0. The Hall–Kier alpha value is -0.880. The number of carbonyl (C=O) groups is 1. The second-order valence-corrected chi connectivity index (χ2v) is 5.86. The van der Waals surface area contributed by atoms with Crippen molar-refractivity contribution in [3.05, 3.63) is 28.2 Å². The molecule has 0 unspecified atom stereocenters. The van der Waals surface area contributed by atoms with Crippen LogP contribution in [0.15, 0.2) is 27.6 Å². The number of benzene rings is 1. The van der Waals surface area contributed by atoms with Gasteiger partial charge in [-0.2, -0.15) is 0 Å². The molecule has 6 heteroatoms. The number of hydrogen-bond acceptors (Lipinski definition) is 3. The second-order valence-electron chi connectivity index (χ2n) is 3.12. The van der Waals surface area contributed by atoms with Crippen molar-refractivity contribution in [2.75, 3.05) is 6.54 Å². The predicted octanol–water partition coefficient (Wildman–Crippen LogP) is 1.61. The van der Waals surface area contributed by atoms with Crippen molar-refractivity contribution >= 4 is 31.9 Å². The van der Waals surface area contributed by atoms with Gasteiger partial charge >= 0.3 is 0 Å². The quantitative estimate of drug-likeness (QED) is 0.789. The highest BCUT2D eigenvalue weighted by molar-refractivity contribution is 9.10. The number of sulfonamides is 1. The fourth-order valence-corrected chi connectivity index (χ4v) is 3.68. The lowest BCUT2D eigenvalue weighted by Crippen LogP contribution is -2.29. The van der Waals surface area contributed by atoms with Crippen molar-refractivity contribution in [1.82, 2.24) is 4.31 Å². The largest absolute Gasteiger partial charge is 0.268 e. The Bertz CT molecular complexity index is 538. The van der Waals surface area contributed by atoms with Crippen molar-refractivity contribution in [2.24, 2.45) is 0 Å². The summed E-state index contributed by atoms with van der Waals surface area (Å²) < 4.78 is 25.3. The summed E-state index contributed by atoms with van der Waals surface area (Å²) in [6.45, 7) is 1.80. The molecule has 0 atom stereocenters. The summed E-state index contributed by atoms with van der Waals surface area (Å²) in [5.41, 5.74) is 0.250. The molecule has 1 heterocycles. The van der Waals surface area contributed by atoms with E-state index in [1.165, 1.54) is 12.1 Å². The minimum atomic E-state index is -3.61. The molecule has 0 aliphatic carbocycles. The standard InChI is InChI=1S/C9H8BrNO3S/c1-2-11-9(12)7-4-3-6(10)5-8(7)15(11,13)14/h3-5H,2H2,1H3. The highest BCUT2D eigenvalue weighted by atomic mass is 79.9. The average molecular weight is 290 g/mol. The molecule has 0 aromatic heterocycles. The molecular weight excluding hydrogens is 282 g/mol. The van der Waals surface area contributed by atoms with Crippen LogP contribution < -0.4 is 0 Å². The smallest absolute Gasteiger partial charge is 0.268 e. The van der Waals surface area contributed by atoms with Crippen LogP contribution in [-0.2, 0) is 10.0 Å². The minimum Gasteiger partial charge on any atom is -0.268 e. The summed E-state index contributed by atoms with van der Waals surface area (Å²) in [6, 6.07) is 4.64. The van der Waals surface area contributed by atoms with E-state index in [-0.39, 0.29) is 17.0 Å². The van der Waals surface area contributed by atoms with E-state index in [1.54, 1.807) is 13.0 Å². The van der Waals surface area contributed by atoms with Gasteiger partial charge in [0.2, 0.25) is 0 Å². The number of carbonyl (C=O) groups excluding carboxylic acids is 1. The van der Waals surface area contributed by atoms with Crippen LogP contribution in [-0.4, -0.2) is 25.2 Å². The average Bonchev–Trinajstić information content (AvgIpc) is 2.35. The number of hydrogen-bond donors (Lipinski definition) is 0. The number of nitrogens with zero attached hydrogens (tertiary/aromatic N) is 1. The molecule has 4 nitrogen and oxygen atoms in total. The Kier molecular flexibility index (Phi) is 2.35. The second kappa shape index (κ2) is 3.31. The van der Waals surface area contributed by atoms with Gasteiger partial charge in [0.1, 0.15) is 4.90 Å².